The summed E-state index contributed by atoms with van der Waals surface area (Å²) < 4.78 is 19.5. The third-order valence-electron chi connectivity index (χ3n) is 8.21. The molecular formula is C27H50O3Si2. The third kappa shape index (κ3) is 6.21. The van der Waals surface area contributed by atoms with Gasteiger partial charge in [-0.1, -0.05) is 48.5 Å². The van der Waals surface area contributed by atoms with Crippen molar-refractivity contribution in [2.24, 2.45) is 0 Å². The largest absolute Gasteiger partial charge is 0.543 e. The molecule has 0 unspecified atom stereocenters. The summed E-state index contributed by atoms with van der Waals surface area (Å²) in [5.74, 6) is 2.47. The van der Waals surface area contributed by atoms with Gasteiger partial charge in [0.1, 0.15) is 11.5 Å². The van der Waals surface area contributed by atoms with Crippen molar-refractivity contribution < 1.29 is 13.6 Å². The van der Waals surface area contributed by atoms with E-state index in [1.165, 1.54) is 11.1 Å². The molecule has 184 valence electrons. The van der Waals surface area contributed by atoms with E-state index < -0.39 is 16.6 Å². The first-order valence-corrected chi connectivity index (χ1v) is 18.2. The second-order valence-electron chi connectivity index (χ2n) is 13.6. The third-order valence-corrected chi connectivity index (χ3v) is 16.9. The van der Waals surface area contributed by atoms with Gasteiger partial charge in [0.2, 0.25) is 16.6 Å². The van der Waals surface area contributed by atoms with Crippen molar-refractivity contribution in [1.82, 2.24) is 0 Å². The van der Waals surface area contributed by atoms with Gasteiger partial charge in [-0.3, -0.25) is 0 Å². The van der Waals surface area contributed by atoms with Gasteiger partial charge in [0, 0.05) is 0 Å². The molecule has 5 heteroatoms. The molecule has 0 aromatic heterocycles. The molecule has 0 spiro atoms. The number of hydrogen-bond donors (Lipinski definition) is 0. The van der Waals surface area contributed by atoms with E-state index in [0.29, 0.717) is 12.0 Å². The monoisotopic (exact) mass is 478 g/mol. The molecule has 1 fully saturated rings. The molecule has 1 aromatic carbocycles. The molecule has 1 heterocycles. The van der Waals surface area contributed by atoms with Crippen LogP contribution in [0.2, 0.25) is 36.3 Å². The van der Waals surface area contributed by atoms with Gasteiger partial charge in [0.15, 0.2) is 0 Å². The molecule has 0 N–H and O–H groups in total. The zero-order valence-electron chi connectivity index (χ0n) is 23.4. The highest BCUT2D eigenvalue weighted by Gasteiger charge is 2.47. The maximum atomic E-state index is 6.88. The number of hydrogen-bond acceptors (Lipinski definition) is 3. The highest BCUT2D eigenvalue weighted by atomic mass is 28.4. The number of ether oxygens (including phenoxy) is 1. The summed E-state index contributed by atoms with van der Waals surface area (Å²) in [4.78, 5) is 0. The minimum atomic E-state index is -1.95. The second kappa shape index (κ2) is 8.77. The zero-order valence-corrected chi connectivity index (χ0v) is 25.4. The summed E-state index contributed by atoms with van der Waals surface area (Å²) in [6.07, 6.45) is 2.55. The van der Waals surface area contributed by atoms with Gasteiger partial charge in [0.25, 0.3) is 0 Å². The van der Waals surface area contributed by atoms with Crippen LogP contribution in [0.5, 0.6) is 11.5 Å². The predicted molar refractivity (Wildman–Crippen MR) is 143 cm³/mol. The van der Waals surface area contributed by atoms with Gasteiger partial charge < -0.3 is 13.6 Å². The highest BCUT2D eigenvalue weighted by molar-refractivity contribution is 6.75. The fraction of sp³-hybridized carbons (Fsp3) is 0.778. The first-order valence-electron chi connectivity index (χ1n) is 12.4. The molecule has 2 atom stereocenters. The highest BCUT2D eigenvalue weighted by Crippen LogP contribution is 2.45. The van der Waals surface area contributed by atoms with Crippen molar-refractivity contribution >= 4 is 16.6 Å². The van der Waals surface area contributed by atoms with Crippen LogP contribution in [0.15, 0.2) is 12.1 Å². The van der Waals surface area contributed by atoms with Crippen LogP contribution in [0, 0.1) is 6.92 Å². The van der Waals surface area contributed by atoms with Crippen molar-refractivity contribution in [3.8, 4) is 11.5 Å². The van der Waals surface area contributed by atoms with Gasteiger partial charge in [-0.05, 0) is 99.1 Å². The molecule has 0 saturated carbocycles. The summed E-state index contributed by atoms with van der Waals surface area (Å²) in [6.45, 7) is 32.0. The second-order valence-corrected chi connectivity index (χ2v) is 23.0. The van der Waals surface area contributed by atoms with Crippen LogP contribution in [-0.4, -0.2) is 28.3 Å². The Balaban J connectivity index is 2.42. The molecule has 2 rings (SSSR count). The average molecular weight is 479 g/mol. The quantitative estimate of drug-likeness (QED) is 0.276. The van der Waals surface area contributed by atoms with E-state index >= 15 is 0 Å². The molecule has 0 aliphatic carbocycles. The first-order chi connectivity index (χ1) is 14.2. The van der Waals surface area contributed by atoms with Crippen LogP contribution in [0.4, 0.5) is 0 Å². The maximum absolute atomic E-state index is 6.88. The van der Waals surface area contributed by atoms with Crippen LogP contribution < -0.4 is 8.85 Å². The van der Waals surface area contributed by atoms with Crippen molar-refractivity contribution in [3.05, 3.63) is 23.3 Å². The van der Waals surface area contributed by atoms with Crippen LogP contribution in [-0.2, 0) is 4.74 Å². The number of epoxide rings is 1. The van der Waals surface area contributed by atoms with E-state index in [1.54, 1.807) is 0 Å². The molecule has 1 aromatic rings. The van der Waals surface area contributed by atoms with E-state index in [-0.39, 0.29) is 15.7 Å². The minimum absolute atomic E-state index is 0.0457. The molecule has 0 radical (unpaired) electrons. The lowest BCUT2D eigenvalue weighted by Gasteiger charge is -2.39. The standard InChI is InChI=1S/C27H50O3Si2/c1-19(15-16-24-27(9,10)28-24)21-18-22(29-31(11,12)25(3,4)5)20(2)17-23(21)30-32(13,14)26(6,7)8/h17-19,24H,15-16H2,1-14H3/t19-,24+/m0/s1. The van der Waals surface area contributed by atoms with Crippen molar-refractivity contribution in [2.45, 2.75) is 136 Å². The SMILES string of the molecule is Cc1cc(O[Si](C)(C)C(C)(C)C)c([C@@H](C)CC[C@H]2OC2(C)C)cc1O[Si](C)(C)C(C)(C)C. The van der Waals surface area contributed by atoms with Crippen LogP contribution in [0.1, 0.15) is 92.2 Å². The van der Waals surface area contributed by atoms with Crippen molar-refractivity contribution in [3.63, 3.8) is 0 Å². The minimum Gasteiger partial charge on any atom is -0.543 e. The Morgan fingerprint density at radius 1 is 0.906 bits per heavy atom. The number of benzene rings is 1. The van der Waals surface area contributed by atoms with E-state index in [1.807, 2.05) is 0 Å². The summed E-state index contributed by atoms with van der Waals surface area (Å²) >= 11 is 0. The molecule has 0 amide bonds. The van der Waals surface area contributed by atoms with Crippen LogP contribution >= 0.6 is 0 Å². The first kappa shape index (κ1) is 27.5. The normalized spacial score (nSPS) is 20.1. The molecule has 3 nitrogen and oxygen atoms in total. The zero-order chi connectivity index (χ0) is 24.9. The van der Waals surface area contributed by atoms with Crippen LogP contribution in [0.3, 0.4) is 0 Å². The van der Waals surface area contributed by atoms with Gasteiger partial charge >= 0.3 is 0 Å². The topological polar surface area (TPSA) is 31.0 Å². The molecular weight excluding hydrogens is 428 g/mol. The fourth-order valence-electron chi connectivity index (χ4n) is 3.41. The summed E-state index contributed by atoms with van der Waals surface area (Å²) in [7, 11) is -3.88. The van der Waals surface area contributed by atoms with E-state index in [2.05, 4.69) is 108 Å². The lowest BCUT2D eigenvalue weighted by Crippen LogP contribution is -2.44. The number of aryl methyl sites for hydroxylation is 1. The van der Waals surface area contributed by atoms with E-state index in [0.717, 1.165) is 24.3 Å². The van der Waals surface area contributed by atoms with Crippen LogP contribution in [0.25, 0.3) is 0 Å². The number of rotatable bonds is 8. The predicted octanol–water partition coefficient (Wildman–Crippen LogP) is 8.82. The molecule has 1 aliphatic heterocycles. The smallest absolute Gasteiger partial charge is 0.250 e. The van der Waals surface area contributed by atoms with Crippen molar-refractivity contribution in [2.75, 3.05) is 0 Å². The van der Waals surface area contributed by atoms with Gasteiger partial charge in [0.05, 0.1) is 11.7 Å². The Morgan fingerprint density at radius 3 is 1.75 bits per heavy atom. The summed E-state index contributed by atoms with van der Waals surface area (Å²) in [5, 5.41) is 0.319. The lowest BCUT2D eigenvalue weighted by atomic mass is 9.92. The lowest BCUT2D eigenvalue weighted by molar-refractivity contribution is 0.317. The Morgan fingerprint density at radius 2 is 1.34 bits per heavy atom. The van der Waals surface area contributed by atoms with E-state index in [4.69, 9.17) is 13.6 Å². The van der Waals surface area contributed by atoms with Crippen molar-refractivity contribution in [1.29, 1.82) is 0 Å². The summed E-state index contributed by atoms with van der Waals surface area (Å²) in [5.41, 5.74) is 2.50. The molecule has 32 heavy (non-hydrogen) atoms. The molecule has 1 aliphatic rings. The van der Waals surface area contributed by atoms with Gasteiger partial charge in [-0.25, -0.2) is 0 Å². The summed E-state index contributed by atoms with van der Waals surface area (Å²) in [6, 6.07) is 4.54. The molecule has 0 bridgehead atoms. The average Bonchev–Trinajstić information content (AvgIpc) is 3.19. The Kier molecular flexibility index (Phi) is 7.53. The maximum Gasteiger partial charge on any atom is 0.250 e. The van der Waals surface area contributed by atoms with Gasteiger partial charge in [-0.15, -0.1) is 0 Å². The Hall–Kier alpha value is -0.786. The fourth-order valence-corrected chi connectivity index (χ4v) is 5.52. The van der Waals surface area contributed by atoms with Gasteiger partial charge in [-0.2, -0.15) is 0 Å². The Labute approximate surface area is 200 Å². The molecule has 1 saturated heterocycles. The van der Waals surface area contributed by atoms with E-state index in [9.17, 15) is 0 Å². The Bertz CT molecular complexity index is 813.